The van der Waals surface area contributed by atoms with Gasteiger partial charge in [0.05, 0.1) is 18.3 Å². The lowest BCUT2D eigenvalue weighted by Gasteiger charge is -2.30. The van der Waals surface area contributed by atoms with Crippen molar-refractivity contribution in [3.63, 3.8) is 0 Å². The number of rotatable bonds is 6. The lowest BCUT2D eigenvalue weighted by atomic mass is 10.2. The van der Waals surface area contributed by atoms with Crippen LogP contribution in [0.5, 0.6) is 0 Å². The van der Waals surface area contributed by atoms with Gasteiger partial charge in [-0.05, 0) is 57.6 Å². The number of urea groups is 1. The maximum atomic E-state index is 13.0. The fourth-order valence-corrected chi connectivity index (χ4v) is 4.13. The molecule has 128 valence electrons. The summed E-state index contributed by atoms with van der Waals surface area (Å²) in [5, 5.41) is 4.30. The third-order valence-electron chi connectivity index (χ3n) is 4.82. The lowest BCUT2D eigenvalue weighted by molar-refractivity contribution is 0.161. The molecule has 0 aromatic carbocycles. The molecule has 2 aliphatic carbocycles. The Morgan fingerprint density at radius 2 is 2.21 bits per heavy atom. The van der Waals surface area contributed by atoms with E-state index in [0.717, 1.165) is 23.6 Å². The molecular formula is C18H23N3O2S. The molecule has 0 unspecified atom stereocenters. The average molecular weight is 345 g/mol. The fraction of sp³-hybridized carbons (Fsp3) is 0.556. The molecule has 2 amide bonds. The van der Waals surface area contributed by atoms with Gasteiger partial charge in [-0.2, -0.15) is 0 Å². The number of carbonyl (C=O) groups excluding carboxylic acids is 1. The van der Waals surface area contributed by atoms with E-state index in [-0.39, 0.29) is 18.1 Å². The third kappa shape index (κ3) is 3.20. The maximum Gasteiger partial charge on any atom is 0.318 e. The SMILES string of the molecule is Cc1cnc([C@H](NC(=O)N(C2CC2)[C@H](C)c2ccco2)C2CC2)s1. The number of thiazole rings is 1. The van der Waals surface area contributed by atoms with E-state index in [0.29, 0.717) is 12.0 Å². The third-order valence-corrected chi connectivity index (χ3v) is 5.82. The highest BCUT2D eigenvalue weighted by molar-refractivity contribution is 7.11. The Kier molecular flexibility index (Phi) is 4.08. The van der Waals surface area contributed by atoms with Gasteiger partial charge in [0, 0.05) is 17.1 Å². The number of nitrogens with one attached hydrogen (secondary N) is 1. The van der Waals surface area contributed by atoms with Gasteiger partial charge in [0.25, 0.3) is 0 Å². The number of hydrogen-bond donors (Lipinski definition) is 1. The van der Waals surface area contributed by atoms with Crippen LogP contribution in [0.15, 0.2) is 29.0 Å². The topological polar surface area (TPSA) is 58.4 Å². The van der Waals surface area contributed by atoms with Crippen LogP contribution < -0.4 is 5.32 Å². The highest BCUT2D eigenvalue weighted by Gasteiger charge is 2.41. The van der Waals surface area contributed by atoms with Crippen molar-refractivity contribution in [2.75, 3.05) is 0 Å². The summed E-state index contributed by atoms with van der Waals surface area (Å²) in [5.41, 5.74) is 0. The van der Waals surface area contributed by atoms with Crippen LogP contribution in [0.25, 0.3) is 0 Å². The number of carbonyl (C=O) groups is 1. The number of amides is 2. The average Bonchev–Trinajstić information content (AvgIpc) is 3.47. The summed E-state index contributed by atoms with van der Waals surface area (Å²) in [6.45, 7) is 4.10. The summed E-state index contributed by atoms with van der Waals surface area (Å²) in [6, 6.07) is 4.14. The molecule has 2 saturated carbocycles. The van der Waals surface area contributed by atoms with Crippen molar-refractivity contribution in [2.45, 2.75) is 57.7 Å². The number of aromatic nitrogens is 1. The summed E-state index contributed by atoms with van der Waals surface area (Å²) in [4.78, 5) is 20.7. The quantitative estimate of drug-likeness (QED) is 0.842. The molecule has 1 N–H and O–H groups in total. The van der Waals surface area contributed by atoms with Gasteiger partial charge in [-0.3, -0.25) is 0 Å². The minimum absolute atomic E-state index is 0.00570. The van der Waals surface area contributed by atoms with Gasteiger partial charge >= 0.3 is 6.03 Å². The number of nitrogens with zero attached hydrogens (tertiary/aromatic N) is 2. The van der Waals surface area contributed by atoms with Crippen molar-refractivity contribution >= 4 is 17.4 Å². The minimum Gasteiger partial charge on any atom is -0.467 e. The predicted molar refractivity (Wildman–Crippen MR) is 92.8 cm³/mol. The summed E-state index contributed by atoms with van der Waals surface area (Å²) in [7, 11) is 0. The van der Waals surface area contributed by atoms with E-state index in [1.165, 1.54) is 17.7 Å². The highest BCUT2D eigenvalue weighted by Crippen LogP contribution is 2.43. The van der Waals surface area contributed by atoms with E-state index in [2.05, 4.69) is 17.2 Å². The molecule has 0 saturated heterocycles. The Morgan fingerprint density at radius 1 is 1.42 bits per heavy atom. The Morgan fingerprint density at radius 3 is 2.75 bits per heavy atom. The monoisotopic (exact) mass is 345 g/mol. The minimum atomic E-state index is -0.0506. The van der Waals surface area contributed by atoms with Gasteiger partial charge in [0.1, 0.15) is 10.8 Å². The molecule has 6 heteroatoms. The predicted octanol–water partition coefficient (Wildman–Crippen LogP) is 4.43. The van der Waals surface area contributed by atoms with Crippen molar-refractivity contribution in [1.29, 1.82) is 0 Å². The fourth-order valence-electron chi connectivity index (χ4n) is 3.21. The Bertz CT molecular complexity index is 704. The van der Waals surface area contributed by atoms with E-state index >= 15 is 0 Å². The van der Waals surface area contributed by atoms with Gasteiger partial charge < -0.3 is 14.6 Å². The highest BCUT2D eigenvalue weighted by atomic mass is 32.1. The zero-order valence-corrected chi connectivity index (χ0v) is 14.9. The zero-order valence-electron chi connectivity index (χ0n) is 14.1. The van der Waals surface area contributed by atoms with Crippen LogP contribution in [0.1, 0.15) is 60.3 Å². The molecule has 0 spiro atoms. The van der Waals surface area contributed by atoms with E-state index in [1.807, 2.05) is 30.2 Å². The van der Waals surface area contributed by atoms with Crippen LogP contribution in [-0.4, -0.2) is 22.0 Å². The van der Waals surface area contributed by atoms with Crippen LogP contribution in [0.4, 0.5) is 4.79 Å². The summed E-state index contributed by atoms with van der Waals surface area (Å²) < 4.78 is 5.53. The van der Waals surface area contributed by atoms with E-state index < -0.39 is 0 Å². The van der Waals surface area contributed by atoms with Crippen molar-refractivity contribution in [3.8, 4) is 0 Å². The van der Waals surface area contributed by atoms with Crippen LogP contribution >= 0.6 is 11.3 Å². The first-order chi connectivity index (χ1) is 11.6. The molecule has 0 aliphatic heterocycles. The molecule has 0 bridgehead atoms. The molecule has 2 fully saturated rings. The van der Waals surface area contributed by atoms with Gasteiger partial charge in [-0.1, -0.05) is 0 Å². The number of hydrogen-bond acceptors (Lipinski definition) is 4. The first kappa shape index (κ1) is 15.7. The number of aryl methyl sites for hydroxylation is 1. The van der Waals surface area contributed by atoms with Crippen molar-refractivity contribution in [1.82, 2.24) is 15.2 Å². The first-order valence-electron chi connectivity index (χ1n) is 8.68. The van der Waals surface area contributed by atoms with E-state index in [1.54, 1.807) is 17.6 Å². The smallest absolute Gasteiger partial charge is 0.318 e. The van der Waals surface area contributed by atoms with Crippen LogP contribution in [0.3, 0.4) is 0 Å². The normalized spacial score (nSPS) is 19.8. The molecule has 2 aliphatic rings. The molecule has 0 radical (unpaired) electrons. The number of furan rings is 1. The second kappa shape index (κ2) is 6.24. The Labute approximate surface area is 146 Å². The molecule has 2 aromatic heterocycles. The Hall–Kier alpha value is -1.82. The second-order valence-electron chi connectivity index (χ2n) is 6.90. The second-order valence-corrected chi connectivity index (χ2v) is 8.17. The summed E-state index contributed by atoms with van der Waals surface area (Å²) in [5.74, 6) is 1.37. The van der Waals surface area contributed by atoms with Crippen LogP contribution in [0, 0.1) is 12.8 Å². The van der Waals surface area contributed by atoms with E-state index in [9.17, 15) is 4.79 Å². The summed E-state index contributed by atoms with van der Waals surface area (Å²) >= 11 is 1.69. The molecule has 5 nitrogen and oxygen atoms in total. The molecule has 2 atom stereocenters. The largest absolute Gasteiger partial charge is 0.467 e. The van der Waals surface area contributed by atoms with Gasteiger partial charge in [-0.15, -0.1) is 11.3 Å². The summed E-state index contributed by atoms with van der Waals surface area (Å²) in [6.07, 6.45) is 8.04. The van der Waals surface area contributed by atoms with Crippen molar-refractivity contribution in [2.24, 2.45) is 5.92 Å². The van der Waals surface area contributed by atoms with Crippen molar-refractivity contribution < 1.29 is 9.21 Å². The molecule has 4 rings (SSSR count). The Balaban J connectivity index is 1.52. The molecule has 24 heavy (non-hydrogen) atoms. The van der Waals surface area contributed by atoms with Crippen LogP contribution in [-0.2, 0) is 0 Å². The van der Waals surface area contributed by atoms with Gasteiger partial charge in [0.2, 0.25) is 0 Å². The van der Waals surface area contributed by atoms with Crippen LogP contribution in [0.2, 0.25) is 0 Å². The first-order valence-corrected chi connectivity index (χ1v) is 9.49. The molecule has 2 aromatic rings. The molecule has 2 heterocycles. The van der Waals surface area contributed by atoms with E-state index in [4.69, 9.17) is 4.42 Å². The lowest BCUT2D eigenvalue weighted by Crippen LogP contribution is -2.44. The van der Waals surface area contributed by atoms with Gasteiger partial charge in [-0.25, -0.2) is 9.78 Å². The van der Waals surface area contributed by atoms with Crippen molar-refractivity contribution in [3.05, 3.63) is 40.2 Å². The molecular weight excluding hydrogens is 322 g/mol. The standard InChI is InChI=1S/C18H23N3O2S/c1-11-10-19-17(24-11)16(13-5-6-13)20-18(22)21(14-7-8-14)12(2)15-4-3-9-23-15/h3-4,9-10,12-14,16H,5-8H2,1-2H3,(H,20,22)/t12-,16-/m1/s1. The maximum absolute atomic E-state index is 13.0. The van der Waals surface area contributed by atoms with Gasteiger partial charge in [0.15, 0.2) is 0 Å². The zero-order chi connectivity index (χ0) is 16.7.